The van der Waals surface area contributed by atoms with Crippen molar-refractivity contribution in [3.05, 3.63) is 47.8 Å². The summed E-state index contributed by atoms with van der Waals surface area (Å²) in [5.74, 6) is 1.41. The highest BCUT2D eigenvalue weighted by Gasteiger charge is 2.18. The van der Waals surface area contributed by atoms with Crippen LogP contribution in [0.25, 0.3) is 16.9 Å². The van der Waals surface area contributed by atoms with Gasteiger partial charge in [-0.15, -0.1) is 0 Å². The van der Waals surface area contributed by atoms with Gasteiger partial charge < -0.3 is 9.47 Å². The molecule has 4 rings (SSSR count). The van der Waals surface area contributed by atoms with Crippen molar-refractivity contribution in [3.63, 3.8) is 0 Å². The average Bonchev–Trinajstić information content (AvgIpc) is 2.94. The fourth-order valence-corrected chi connectivity index (χ4v) is 2.79. The van der Waals surface area contributed by atoms with Crippen LogP contribution in [0.3, 0.4) is 0 Å². The Morgan fingerprint density at radius 3 is 2.77 bits per heavy atom. The number of fused-ring (bicyclic) bond motifs is 2. The number of hydrogen-bond acceptors (Lipinski definition) is 4. The largest absolute Gasteiger partial charge is 0.486 e. The molecule has 0 N–H and O–H groups in total. The molecular formula is C17H14N2O3. The molecule has 0 atom stereocenters. The number of carbonyl (C=O) groups excluding carboxylic acids is 1. The number of rotatable bonds is 2. The number of carbonyl (C=O) groups is 1. The van der Waals surface area contributed by atoms with Gasteiger partial charge in [0.25, 0.3) is 0 Å². The molecule has 0 amide bonds. The van der Waals surface area contributed by atoms with Crippen LogP contribution >= 0.6 is 0 Å². The van der Waals surface area contributed by atoms with Crippen molar-refractivity contribution in [1.29, 1.82) is 0 Å². The second-order valence-corrected chi connectivity index (χ2v) is 5.18. The van der Waals surface area contributed by atoms with Crippen molar-refractivity contribution in [3.8, 4) is 22.8 Å². The Bertz CT molecular complexity index is 883. The van der Waals surface area contributed by atoms with Crippen LogP contribution in [0.1, 0.15) is 16.2 Å². The van der Waals surface area contributed by atoms with Gasteiger partial charge >= 0.3 is 0 Å². The summed E-state index contributed by atoms with van der Waals surface area (Å²) in [5, 5.41) is 0. The highest BCUT2D eigenvalue weighted by Crippen LogP contribution is 2.35. The smallest absolute Gasteiger partial charge is 0.169 e. The molecule has 3 heterocycles. The Hall–Kier alpha value is -2.82. The Labute approximate surface area is 127 Å². The molecule has 0 bridgehead atoms. The highest BCUT2D eigenvalue weighted by atomic mass is 16.6. The van der Waals surface area contributed by atoms with E-state index in [0.717, 1.165) is 28.9 Å². The molecule has 0 saturated heterocycles. The van der Waals surface area contributed by atoms with Gasteiger partial charge in [0.1, 0.15) is 30.2 Å². The van der Waals surface area contributed by atoms with Crippen molar-refractivity contribution in [2.24, 2.45) is 0 Å². The molecule has 2 aromatic heterocycles. The summed E-state index contributed by atoms with van der Waals surface area (Å²) in [4.78, 5) is 16.2. The molecule has 0 aliphatic carbocycles. The molecule has 1 aliphatic heterocycles. The second-order valence-electron chi connectivity index (χ2n) is 5.18. The molecule has 1 aliphatic rings. The van der Waals surface area contributed by atoms with Crippen LogP contribution in [0.15, 0.2) is 36.4 Å². The number of aromatic nitrogens is 2. The molecule has 0 saturated carbocycles. The minimum Gasteiger partial charge on any atom is -0.486 e. The van der Waals surface area contributed by atoms with Crippen molar-refractivity contribution < 1.29 is 14.3 Å². The first-order chi connectivity index (χ1) is 10.8. The number of nitrogens with zero attached hydrogens (tertiary/aromatic N) is 2. The van der Waals surface area contributed by atoms with E-state index < -0.39 is 0 Å². The lowest BCUT2D eigenvalue weighted by molar-refractivity contribution is 0.111. The van der Waals surface area contributed by atoms with E-state index in [1.807, 2.05) is 47.7 Å². The van der Waals surface area contributed by atoms with Crippen LogP contribution in [0, 0.1) is 6.92 Å². The van der Waals surface area contributed by atoms with E-state index in [0.29, 0.717) is 30.4 Å². The SMILES string of the molecule is Cc1cccc2nc(-c3ccc4c(c3)OCCO4)c(C=O)n12. The molecule has 0 radical (unpaired) electrons. The van der Waals surface area contributed by atoms with Gasteiger partial charge in [-0.2, -0.15) is 0 Å². The third-order valence-electron chi connectivity index (χ3n) is 3.80. The summed E-state index contributed by atoms with van der Waals surface area (Å²) in [6.07, 6.45) is 0.846. The van der Waals surface area contributed by atoms with Crippen LogP contribution in [0.5, 0.6) is 11.5 Å². The molecule has 0 unspecified atom stereocenters. The second kappa shape index (κ2) is 4.87. The van der Waals surface area contributed by atoms with E-state index in [1.165, 1.54) is 0 Å². The zero-order valence-electron chi connectivity index (χ0n) is 12.1. The summed E-state index contributed by atoms with van der Waals surface area (Å²) in [6, 6.07) is 11.4. The lowest BCUT2D eigenvalue weighted by Crippen LogP contribution is -2.15. The Balaban J connectivity index is 1.94. The van der Waals surface area contributed by atoms with Gasteiger partial charge in [0.2, 0.25) is 0 Å². The van der Waals surface area contributed by atoms with Gasteiger partial charge in [0, 0.05) is 11.3 Å². The first kappa shape index (κ1) is 12.9. The van der Waals surface area contributed by atoms with Gasteiger partial charge in [-0.25, -0.2) is 4.98 Å². The van der Waals surface area contributed by atoms with Gasteiger partial charge in [-0.1, -0.05) is 6.07 Å². The van der Waals surface area contributed by atoms with Crippen LogP contribution < -0.4 is 9.47 Å². The number of hydrogen-bond donors (Lipinski definition) is 0. The maximum absolute atomic E-state index is 11.6. The summed E-state index contributed by atoms with van der Waals surface area (Å²) in [6.45, 7) is 3.04. The van der Waals surface area contributed by atoms with Gasteiger partial charge in [-0.3, -0.25) is 9.20 Å². The topological polar surface area (TPSA) is 52.8 Å². The first-order valence-corrected chi connectivity index (χ1v) is 7.11. The van der Waals surface area contributed by atoms with Crippen molar-refractivity contribution >= 4 is 11.9 Å². The summed E-state index contributed by atoms with van der Waals surface area (Å²) >= 11 is 0. The Kier molecular flexibility index (Phi) is 2.85. The number of aldehydes is 1. The van der Waals surface area contributed by atoms with Crippen LogP contribution in [0.4, 0.5) is 0 Å². The minimum absolute atomic E-state index is 0.529. The van der Waals surface area contributed by atoms with E-state index >= 15 is 0 Å². The molecular weight excluding hydrogens is 280 g/mol. The molecule has 0 fully saturated rings. The minimum atomic E-state index is 0.529. The monoisotopic (exact) mass is 294 g/mol. The third kappa shape index (κ3) is 1.86. The zero-order chi connectivity index (χ0) is 15.1. The normalized spacial score (nSPS) is 13.3. The fourth-order valence-electron chi connectivity index (χ4n) is 2.79. The number of benzene rings is 1. The number of pyridine rings is 1. The molecule has 5 nitrogen and oxygen atoms in total. The molecule has 22 heavy (non-hydrogen) atoms. The van der Waals surface area contributed by atoms with Crippen molar-refractivity contribution in [1.82, 2.24) is 9.38 Å². The molecule has 5 heteroatoms. The van der Waals surface area contributed by atoms with E-state index in [9.17, 15) is 4.79 Å². The Morgan fingerprint density at radius 1 is 1.14 bits per heavy atom. The van der Waals surface area contributed by atoms with Crippen LogP contribution in [-0.2, 0) is 0 Å². The number of imidazole rings is 1. The maximum Gasteiger partial charge on any atom is 0.169 e. The fraction of sp³-hybridized carbons (Fsp3) is 0.176. The molecule has 3 aromatic rings. The number of aryl methyl sites for hydroxylation is 1. The zero-order valence-corrected chi connectivity index (χ0v) is 12.1. The Morgan fingerprint density at radius 2 is 1.95 bits per heavy atom. The number of ether oxygens (including phenoxy) is 2. The predicted octanol–water partition coefficient (Wildman–Crippen LogP) is 2.89. The van der Waals surface area contributed by atoms with Crippen LogP contribution in [0.2, 0.25) is 0 Å². The van der Waals surface area contributed by atoms with Crippen molar-refractivity contribution in [2.75, 3.05) is 13.2 Å². The standard InChI is InChI=1S/C17H14N2O3/c1-11-3-2-4-16-18-17(13(10-20)19(11)16)12-5-6-14-15(9-12)22-8-7-21-14/h2-6,9-10H,7-8H2,1H3. The molecule has 1 aromatic carbocycles. The van der Waals surface area contributed by atoms with Crippen molar-refractivity contribution in [2.45, 2.75) is 6.92 Å². The van der Waals surface area contributed by atoms with E-state index in [1.54, 1.807) is 0 Å². The van der Waals surface area contributed by atoms with E-state index in [-0.39, 0.29) is 0 Å². The maximum atomic E-state index is 11.6. The average molecular weight is 294 g/mol. The lowest BCUT2D eigenvalue weighted by atomic mass is 10.1. The summed E-state index contributed by atoms with van der Waals surface area (Å²) in [7, 11) is 0. The van der Waals surface area contributed by atoms with E-state index in [2.05, 4.69) is 4.98 Å². The molecule has 0 spiro atoms. The van der Waals surface area contributed by atoms with E-state index in [4.69, 9.17) is 9.47 Å². The van der Waals surface area contributed by atoms with Gasteiger partial charge in [0.05, 0.1) is 0 Å². The first-order valence-electron chi connectivity index (χ1n) is 7.11. The lowest BCUT2D eigenvalue weighted by Gasteiger charge is -2.18. The predicted molar refractivity (Wildman–Crippen MR) is 81.7 cm³/mol. The highest BCUT2D eigenvalue weighted by molar-refractivity contribution is 5.87. The summed E-state index contributed by atoms with van der Waals surface area (Å²) in [5.41, 5.74) is 3.77. The van der Waals surface area contributed by atoms with Gasteiger partial charge in [0.15, 0.2) is 17.8 Å². The quantitative estimate of drug-likeness (QED) is 0.682. The van der Waals surface area contributed by atoms with Crippen LogP contribution in [-0.4, -0.2) is 28.9 Å². The third-order valence-corrected chi connectivity index (χ3v) is 3.80. The summed E-state index contributed by atoms with van der Waals surface area (Å²) < 4.78 is 13.0. The molecule has 110 valence electrons. The van der Waals surface area contributed by atoms with Gasteiger partial charge in [-0.05, 0) is 37.3 Å².